The van der Waals surface area contributed by atoms with Gasteiger partial charge in [-0.2, -0.15) is 0 Å². The third-order valence-corrected chi connectivity index (χ3v) is 5.10. The minimum atomic E-state index is -0.497. The molecule has 3 N–H and O–H groups in total. The Labute approximate surface area is 142 Å². The molecule has 0 spiro atoms. The van der Waals surface area contributed by atoms with Gasteiger partial charge < -0.3 is 15.5 Å². The average Bonchev–Trinajstić information content (AvgIpc) is 3.35. The number of oxazole rings is 1. The van der Waals surface area contributed by atoms with Gasteiger partial charge in [-0.1, -0.05) is 13.8 Å². The number of carbonyl (C=O) groups is 1. The molecule has 1 aliphatic rings. The monoisotopic (exact) mass is 327 g/mol. The molecule has 1 heterocycles. The number of anilines is 1. The maximum atomic E-state index is 12.5. The van der Waals surface area contributed by atoms with Crippen LogP contribution in [0.25, 0.3) is 11.3 Å². The SMILES string of the molecule is CCC(CC)(CN)C(=O)Nc1ccc(-c2cnc(C3CC3)o2)cc1. The number of nitrogens with two attached hydrogens (primary N) is 1. The standard InChI is InChI=1S/C19H25N3O2/c1-3-19(4-2,12-20)18(23)22-15-9-7-13(8-10-15)16-11-21-17(24-16)14-5-6-14/h7-11,14H,3-6,12,20H2,1-2H3,(H,22,23). The van der Waals surface area contributed by atoms with Gasteiger partial charge in [0.1, 0.15) is 0 Å². The lowest BCUT2D eigenvalue weighted by Gasteiger charge is -2.28. The van der Waals surface area contributed by atoms with Crippen molar-refractivity contribution in [3.05, 3.63) is 36.4 Å². The summed E-state index contributed by atoms with van der Waals surface area (Å²) in [5.41, 5.74) is 7.07. The van der Waals surface area contributed by atoms with Crippen molar-refractivity contribution < 1.29 is 9.21 Å². The summed E-state index contributed by atoms with van der Waals surface area (Å²) < 4.78 is 5.81. The van der Waals surface area contributed by atoms with Crippen LogP contribution in [0.1, 0.15) is 51.3 Å². The summed E-state index contributed by atoms with van der Waals surface area (Å²) in [5.74, 6) is 2.09. The van der Waals surface area contributed by atoms with Gasteiger partial charge in [0.15, 0.2) is 11.7 Å². The lowest BCUT2D eigenvalue weighted by atomic mass is 9.81. The zero-order valence-corrected chi connectivity index (χ0v) is 14.3. The molecule has 0 aliphatic heterocycles. The first-order chi connectivity index (χ1) is 11.6. The van der Waals surface area contributed by atoms with Crippen LogP contribution in [0.15, 0.2) is 34.9 Å². The summed E-state index contributed by atoms with van der Waals surface area (Å²) >= 11 is 0. The second kappa shape index (κ2) is 6.77. The van der Waals surface area contributed by atoms with Gasteiger partial charge >= 0.3 is 0 Å². The molecule has 1 aromatic carbocycles. The van der Waals surface area contributed by atoms with Crippen molar-refractivity contribution in [3.63, 3.8) is 0 Å². The zero-order valence-electron chi connectivity index (χ0n) is 14.3. The molecule has 5 heteroatoms. The van der Waals surface area contributed by atoms with E-state index in [0.29, 0.717) is 12.5 Å². The third kappa shape index (κ3) is 3.22. The Morgan fingerprint density at radius 2 is 1.96 bits per heavy atom. The molecule has 5 nitrogen and oxygen atoms in total. The lowest BCUT2D eigenvalue weighted by Crippen LogP contribution is -2.41. The summed E-state index contributed by atoms with van der Waals surface area (Å²) in [4.78, 5) is 16.9. The van der Waals surface area contributed by atoms with Gasteiger partial charge in [0.25, 0.3) is 0 Å². The predicted octanol–water partition coefficient (Wildman–Crippen LogP) is 3.92. The molecule has 1 saturated carbocycles. The fourth-order valence-corrected chi connectivity index (χ4v) is 2.87. The average molecular weight is 327 g/mol. The van der Waals surface area contributed by atoms with Crippen LogP contribution in [0, 0.1) is 5.41 Å². The summed E-state index contributed by atoms with van der Waals surface area (Å²) in [7, 11) is 0. The fraction of sp³-hybridized carbons (Fsp3) is 0.474. The molecule has 3 rings (SSSR count). The fourth-order valence-electron chi connectivity index (χ4n) is 2.87. The van der Waals surface area contributed by atoms with Gasteiger partial charge in [0.2, 0.25) is 5.91 Å². The van der Waals surface area contributed by atoms with Crippen LogP contribution in [-0.2, 0) is 4.79 Å². The van der Waals surface area contributed by atoms with Gasteiger partial charge in [0, 0.05) is 23.7 Å². The number of rotatable bonds is 7. The maximum Gasteiger partial charge on any atom is 0.231 e. The molecule has 1 aliphatic carbocycles. The van der Waals surface area contributed by atoms with Gasteiger partial charge in [-0.25, -0.2) is 4.98 Å². The molecular formula is C19H25N3O2. The third-order valence-electron chi connectivity index (χ3n) is 5.10. The van der Waals surface area contributed by atoms with Crippen LogP contribution in [-0.4, -0.2) is 17.4 Å². The normalized spacial score (nSPS) is 14.6. The lowest BCUT2D eigenvalue weighted by molar-refractivity contribution is -0.125. The van der Waals surface area contributed by atoms with Gasteiger partial charge in [0.05, 0.1) is 11.6 Å². The molecule has 128 valence electrons. The van der Waals surface area contributed by atoms with E-state index in [2.05, 4.69) is 10.3 Å². The molecule has 1 aromatic heterocycles. The van der Waals surface area contributed by atoms with E-state index in [4.69, 9.17) is 10.2 Å². The zero-order chi connectivity index (χ0) is 17.2. The maximum absolute atomic E-state index is 12.5. The first kappa shape index (κ1) is 16.7. The highest BCUT2D eigenvalue weighted by Crippen LogP contribution is 2.40. The summed E-state index contributed by atoms with van der Waals surface area (Å²) in [6, 6.07) is 7.65. The highest BCUT2D eigenvalue weighted by Gasteiger charge is 2.33. The molecule has 1 amide bonds. The first-order valence-electron chi connectivity index (χ1n) is 8.69. The van der Waals surface area contributed by atoms with Crippen LogP contribution in [0.4, 0.5) is 5.69 Å². The second-order valence-corrected chi connectivity index (χ2v) is 6.56. The summed E-state index contributed by atoms with van der Waals surface area (Å²) in [5, 5.41) is 2.98. The largest absolute Gasteiger partial charge is 0.440 e. The Kier molecular flexibility index (Phi) is 4.71. The topological polar surface area (TPSA) is 81.2 Å². The number of hydrogen-bond donors (Lipinski definition) is 2. The summed E-state index contributed by atoms with van der Waals surface area (Å²) in [6.07, 6.45) is 5.57. The number of hydrogen-bond acceptors (Lipinski definition) is 4. The van der Waals surface area contributed by atoms with Crippen molar-refractivity contribution in [2.45, 2.75) is 45.4 Å². The minimum absolute atomic E-state index is 0.0153. The first-order valence-corrected chi connectivity index (χ1v) is 8.69. The second-order valence-electron chi connectivity index (χ2n) is 6.56. The Morgan fingerprint density at radius 1 is 1.29 bits per heavy atom. The number of nitrogens with zero attached hydrogens (tertiary/aromatic N) is 1. The Bertz CT molecular complexity index is 689. The molecule has 1 fully saturated rings. The van der Waals surface area contributed by atoms with E-state index in [-0.39, 0.29) is 5.91 Å². The Morgan fingerprint density at radius 3 is 2.50 bits per heavy atom. The smallest absolute Gasteiger partial charge is 0.231 e. The quantitative estimate of drug-likeness (QED) is 0.807. The molecule has 0 saturated heterocycles. The van der Waals surface area contributed by atoms with Crippen molar-refractivity contribution in [1.29, 1.82) is 0 Å². The highest BCUT2D eigenvalue weighted by atomic mass is 16.4. The number of carbonyl (C=O) groups excluding carboxylic acids is 1. The Hall–Kier alpha value is -2.14. The van der Waals surface area contributed by atoms with Gasteiger partial charge in [-0.15, -0.1) is 0 Å². The van der Waals surface area contributed by atoms with E-state index in [1.54, 1.807) is 6.20 Å². The van der Waals surface area contributed by atoms with E-state index in [0.717, 1.165) is 35.7 Å². The Balaban J connectivity index is 1.70. The van der Waals surface area contributed by atoms with E-state index in [1.807, 2.05) is 38.1 Å². The molecular weight excluding hydrogens is 302 g/mol. The van der Waals surface area contributed by atoms with E-state index in [9.17, 15) is 4.79 Å². The van der Waals surface area contributed by atoms with Crippen LogP contribution in [0.5, 0.6) is 0 Å². The van der Waals surface area contributed by atoms with E-state index in [1.165, 1.54) is 12.8 Å². The molecule has 24 heavy (non-hydrogen) atoms. The van der Waals surface area contributed by atoms with Crippen molar-refractivity contribution >= 4 is 11.6 Å². The van der Waals surface area contributed by atoms with Crippen LogP contribution in [0.2, 0.25) is 0 Å². The van der Waals surface area contributed by atoms with Crippen molar-refractivity contribution in [3.8, 4) is 11.3 Å². The van der Waals surface area contributed by atoms with Crippen molar-refractivity contribution in [2.24, 2.45) is 11.1 Å². The predicted molar refractivity (Wildman–Crippen MR) is 94.6 cm³/mol. The van der Waals surface area contributed by atoms with Crippen LogP contribution in [0.3, 0.4) is 0 Å². The number of amides is 1. The molecule has 0 radical (unpaired) electrons. The van der Waals surface area contributed by atoms with E-state index < -0.39 is 5.41 Å². The van der Waals surface area contributed by atoms with E-state index >= 15 is 0 Å². The number of aromatic nitrogens is 1. The van der Waals surface area contributed by atoms with Crippen molar-refractivity contribution in [1.82, 2.24) is 4.98 Å². The molecule has 0 bridgehead atoms. The van der Waals surface area contributed by atoms with Crippen molar-refractivity contribution in [2.75, 3.05) is 11.9 Å². The highest BCUT2D eigenvalue weighted by molar-refractivity contribution is 5.95. The minimum Gasteiger partial charge on any atom is -0.440 e. The number of nitrogens with one attached hydrogen (secondary N) is 1. The molecule has 0 unspecified atom stereocenters. The molecule has 0 atom stereocenters. The van der Waals surface area contributed by atoms with Crippen LogP contribution < -0.4 is 11.1 Å². The van der Waals surface area contributed by atoms with Gasteiger partial charge in [-0.05, 0) is 49.9 Å². The van der Waals surface area contributed by atoms with Crippen LogP contribution >= 0.6 is 0 Å². The summed E-state index contributed by atoms with van der Waals surface area (Å²) in [6.45, 7) is 4.35. The molecule has 2 aromatic rings. The van der Waals surface area contributed by atoms with Gasteiger partial charge in [-0.3, -0.25) is 4.79 Å². The number of benzene rings is 1.